The van der Waals surface area contributed by atoms with E-state index in [1.54, 1.807) is 4.68 Å². The number of rotatable bonds is 2. The van der Waals surface area contributed by atoms with Crippen molar-refractivity contribution in [3.63, 3.8) is 0 Å². The van der Waals surface area contributed by atoms with E-state index in [2.05, 4.69) is 31.0 Å². The molecule has 0 fully saturated rings. The monoisotopic (exact) mass is 319 g/mol. The van der Waals surface area contributed by atoms with E-state index in [9.17, 15) is 9.90 Å². The highest BCUT2D eigenvalue weighted by atomic mass is 79.9. The van der Waals surface area contributed by atoms with E-state index in [1.807, 2.05) is 24.3 Å². The number of carbonyl (C=O) groups excluding carboxylic acids is 1. The summed E-state index contributed by atoms with van der Waals surface area (Å²) in [5.74, 6) is -0.977. The molecule has 1 unspecified atom stereocenters. The van der Waals surface area contributed by atoms with E-state index >= 15 is 0 Å². The van der Waals surface area contributed by atoms with E-state index in [1.165, 1.54) is 6.33 Å². The fourth-order valence-corrected chi connectivity index (χ4v) is 2.32. The molecule has 6 nitrogen and oxygen atoms in total. The molecule has 96 valence electrons. The summed E-state index contributed by atoms with van der Waals surface area (Å²) in [7, 11) is 0. The first kappa shape index (κ1) is 12.0. The molecule has 0 saturated carbocycles. The lowest BCUT2D eigenvalue weighted by Crippen LogP contribution is -2.35. The molecule has 1 aliphatic heterocycles. The summed E-state index contributed by atoms with van der Waals surface area (Å²) < 4.78 is 2.58. The number of benzene rings is 1. The smallest absolute Gasteiger partial charge is 0.248 e. The second-order valence-corrected chi connectivity index (χ2v) is 5.04. The van der Waals surface area contributed by atoms with Crippen LogP contribution in [0.4, 0.5) is 5.95 Å². The highest BCUT2D eigenvalue weighted by molar-refractivity contribution is 9.10. The van der Waals surface area contributed by atoms with Crippen LogP contribution in [0, 0.1) is 0 Å². The minimum Gasteiger partial charge on any atom is -0.543 e. The number of hydrogen-bond donors (Lipinski definition) is 0. The Bertz CT molecular complexity index is 663. The number of carboxylic acids is 1. The van der Waals surface area contributed by atoms with Gasteiger partial charge in [-0.05, 0) is 17.7 Å². The third-order valence-electron chi connectivity index (χ3n) is 2.96. The zero-order valence-electron chi connectivity index (χ0n) is 9.65. The summed E-state index contributed by atoms with van der Waals surface area (Å²) in [6.07, 6.45) is 1.60. The molecule has 0 spiro atoms. The molecule has 1 aromatic heterocycles. The first-order chi connectivity index (χ1) is 9.15. The van der Waals surface area contributed by atoms with Crippen LogP contribution in [0.2, 0.25) is 0 Å². The predicted molar refractivity (Wildman–Crippen MR) is 69.0 cm³/mol. The Morgan fingerprint density at radius 1 is 1.37 bits per heavy atom. The largest absolute Gasteiger partial charge is 0.543 e. The van der Waals surface area contributed by atoms with Crippen molar-refractivity contribution < 1.29 is 9.90 Å². The maximum atomic E-state index is 11.0. The summed E-state index contributed by atoms with van der Waals surface area (Å²) in [4.78, 5) is 18.9. The SMILES string of the molecule is O=C([O-])C1=Nc2ncnn2C(c2ccc(Br)cc2)C1. The Morgan fingerprint density at radius 3 is 2.79 bits per heavy atom. The average molecular weight is 320 g/mol. The van der Waals surface area contributed by atoms with Gasteiger partial charge in [-0.1, -0.05) is 28.1 Å². The van der Waals surface area contributed by atoms with Crippen LogP contribution in [0.15, 0.2) is 40.1 Å². The number of carboxylic acid groups (broad SMARTS) is 1. The third-order valence-corrected chi connectivity index (χ3v) is 3.49. The normalized spacial score (nSPS) is 17.7. The summed E-state index contributed by atoms with van der Waals surface area (Å²) in [6, 6.07) is 7.40. The van der Waals surface area contributed by atoms with E-state index in [-0.39, 0.29) is 18.2 Å². The Hall–Kier alpha value is -2.02. The van der Waals surface area contributed by atoms with Crippen LogP contribution < -0.4 is 5.11 Å². The topological polar surface area (TPSA) is 83.2 Å². The van der Waals surface area contributed by atoms with Crippen molar-refractivity contribution in [1.82, 2.24) is 14.8 Å². The lowest BCUT2D eigenvalue weighted by atomic mass is 10.00. The Morgan fingerprint density at radius 2 is 2.11 bits per heavy atom. The highest BCUT2D eigenvalue weighted by Gasteiger charge is 2.25. The van der Waals surface area contributed by atoms with Gasteiger partial charge >= 0.3 is 0 Å². The van der Waals surface area contributed by atoms with Crippen molar-refractivity contribution in [2.75, 3.05) is 0 Å². The van der Waals surface area contributed by atoms with Crippen LogP contribution in [0.25, 0.3) is 0 Å². The minimum absolute atomic E-state index is 0.00609. The lowest BCUT2D eigenvalue weighted by Gasteiger charge is -2.23. The van der Waals surface area contributed by atoms with Gasteiger partial charge in [-0.25, -0.2) is 9.67 Å². The molecule has 0 amide bonds. The van der Waals surface area contributed by atoms with Crippen LogP contribution in [0.5, 0.6) is 0 Å². The Labute approximate surface area is 116 Å². The van der Waals surface area contributed by atoms with Gasteiger partial charge in [0.1, 0.15) is 6.33 Å². The molecule has 19 heavy (non-hydrogen) atoms. The van der Waals surface area contributed by atoms with Gasteiger partial charge in [0, 0.05) is 10.9 Å². The molecule has 0 bridgehead atoms. The second-order valence-electron chi connectivity index (χ2n) is 4.12. The molecule has 0 saturated heterocycles. The molecular weight excluding hydrogens is 312 g/mol. The molecule has 0 radical (unpaired) electrons. The molecule has 2 heterocycles. The van der Waals surface area contributed by atoms with Crippen molar-refractivity contribution in [3.8, 4) is 0 Å². The molecule has 0 aliphatic carbocycles. The molecule has 2 aromatic rings. The molecule has 1 atom stereocenters. The number of aromatic nitrogens is 3. The number of hydrogen-bond acceptors (Lipinski definition) is 5. The van der Waals surface area contributed by atoms with Gasteiger partial charge in [-0.2, -0.15) is 10.1 Å². The van der Waals surface area contributed by atoms with Gasteiger partial charge in [-0.15, -0.1) is 0 Å². The summed E-state index contributed by atoms with van der Waals surface area (Å²) in [6.45, 7) is 0. The summed E-state index contributed by atoms with van der Waals surface area (Å²) >= 11 is 3.37. The fourth-order valence-electron chi connectivity index (χ4n) is 2.05. The molecular formula is C12H8BrN4O2-. The standard InChI is InChI=1S/C12H9BrN4O2/c13-8-3-1-7(2-4-8)10-5-9(11(18)19)16-12-14-6-15-17(10)12/h1-4,6,10H,5H2,(H,18,19)/p-1. The second kappa shape index (κ2) is 4.58. The van der Waals surface area contributed by atoms with Crippen LogP contribution in [-0.2, 0) is 4.79 Å². The molecule has 0 N–H and O–H groups in total. The van der Waals surface area contributed by atoms with Crippen LogP contribution in [0.3, 0.4) is 0 Å². The summed E-state index contributed by atoms with van der Waals surface area (Å²) in [5, 5.41) is 15.1. The van der Waals surface area contributed by atoms with Gasteiger partial charge in [0.2, 0.25) is 5.95 Å². The number of fused-ring (bicyclic) bond motifs is 1. The quantitative estimate of drug-likeness (QED) is 0.821. The number of carbonyl (C=O) groups is 1. The van der Waals surface area contributed by atoms with E-state index in [0.29, 0.717) is 5.95 Å². The van der Waals surface area contributed by atoms with Crippen LogP contribution >= 0.6 is 15.9 Å². The Kier molecular flexibility index (Phi) is 2.90. The fraction of sp³-hybridized carbons (Fsp3) is 0.167. The van der Waals surface area contributed by atoms with Gasteiger partial charge in [0.15, 0.2) is 0 Å². The lowest BCUT2D eigenvalue weighted by molar-refractivity contribution is -0.294. The first-order valence-electron chi connectivity index (χ1n) is 5.59. The average Bonchev–Trinajstić information content (AvgIpc) is 2.86. The summed E-state index contributed by atoms with van der Waals surface area (Å²) in [5.41, 5.74) is 0.942. The maximum Gasteiger partial charge on any atom is 0.248 e. The van der Waals surface area contributed by atoms with Gasteiger partial charge in [-0.3, -0.25) is 0 Å². The van der Waals surface area contributed by atoms with E-state index < -0.39 is 5.97 Å². The van der Waals surface area contributed by atoms with Crippen molar-refractivity contribution in [1.29, 1.82) is 0 Å². The van der Waals surface area contributed by atoms with Crippen molar-refractivity contribution >= 4 is 33.6 Å². The van der Waals surface area contributed by atoms with Crippen LogP contribution in [0.1, 0.15) is 18.0 Å². The van der Waals surface area contributed by atoms with Crippen molar-refractivity contribution in [2.45, 2.75) is 12.5 Å². The predicted octanol–water partition coefficient (Wildman–Crippen LogP) is 0.856. The van der Waals surface area contributed by atoms with E-state index in [4.69, 9.17) is 0 Å². The van der Waals surface area contributed by atoms with Gasteiger partial charge < -0.3 is 9.90 Å². The van der Waals surface area contributed by atoms with Crippen molar-refractivity contribution in [3.05, 3.63) is 40.6 Å². The number of aliphatic imine (C=N–C) groups is 1. The Balaban J connectivity index is 2.06. The first-order valence-corrected chi connectivity index (χ1v) is 6.38. The zero-order chi connectivity index (χ0) is 13.4. The number of aliphatic carboxylic acids is 1. The van der Waals surface area contributed by atoms with Crippen molar-refractivity contribution in [2.24, 2.45) is 4.99 Å². The zero-order valence-corrected chi connectivity index (χ0v) is 11.2. The molecule has 1 aromatic carbocycles. The maximum absolute atomic E-state index is 11.0. The number of nitrogens with zero attached hydrogens (tertiary/aromatic N) is 4. The van der Waals surface area contributed by atoms with E-state index in [0.717, 1.165) is 10.0 Å². The van der Waals surface area contributed by atoms with Gasteiger partial charge in [0.05, 0.1) is 17.7 Å². The highest BCUT2D eigenvalue weighted by Crippen LogP contribution is 2.30. The molecule has 3 rings (SSSR count). The number of halogens is 1. The third kappa shape index (κ3) is 2.17. The van der Waals surface area contributed by atoms with Crippen LogP contribution in [-0.4, -0.2) is 26.4 Å². The van der Waals surface area contributed by atoms with Gasteiger partial charge in [0.25, 0.3) is 0 Å². The molecule has 1 aliphatic rings. The minimum atomic E-state index is -1.27. The molecule has 7 heteroatoms.